The molecule has 0 amide bonds. The highest BCUT2D eigenvalue weighted by Gasteiger charge is 2.37. The molecular weight excluding hydrogens is 216 g/mol. The number of rotatable bonds is 1. The molecule has 2 saturated carbocycles. The zero-order valence-corrected chi connectivity index (χ0v) is 11.5. The van der Waals surface area contributed by atoms with Crippen LogP contribution >= 0.6 is 0 Å². The van der Waals surface area contributed by atoms with E-state index in [1.807, 2.05) is 6.07 Å². The molecule has 1 aromatic rings. The molecule has 2 fully saturated rings. The molecule has 18 heavy (non-hydrogen) atoms. The quantitative estimate of drug-likeness (QED) is 0.608. The minimum Gasteiger partial charge on any atom is -0.0625 e. The van der Waals surface area contributed by atoms with E-state index in [0.29, 0.717) is 5.41 Å². The third-order valence-electron chi connectivity index (χ3n) is 5.26. The van der Waals surface area contributed by atoms with E-state index in [-0.39, 0.29) is 11.8 Å². The predicted octanol–water partition coefficient (Wildman–Crippen LogP) is 5.54. The molecule has 0 heterocycles. The Morgan fingerprint density at radius 3 is 2.11 bits per heavy atom. The Hall–Kier alpha value is -0.780. The van der Waals surface area contributed by atoms with Crippen molar-refractivity contribution in [3.63, 3.8) is 0 Å². The molecule has 0 radical (unpaired) electrons. The average Bonchev–Trinajstić information content (AvgIpc) is 2.47. The van der Waals surface area contributed by atoms with Crippen LogP contribution in [-0.4, -0.2) is 0 Å². The topological polar surface area (TPSA) is 0 Å². The van der Waals surface area contributed by atoms with Gasteiger partial charge in [0.05, 0.1) is 0 Å². The monoisotopic (exact) mass is 244 g/mol. The third kappa shape index (κ3) is 2.48. The number of benzene rings is 1. The lowest BCUT2D eigenvalue weighted by molar-refractivity contribution is 0.0936. The summed E-state index contributed by atoms with van der Waals surface area (Å²) < 4.78 is 17.0. The molecular formula is C18H26. The van der Waals surface area contributed by atoms with Crippen LogP contribution in [0, 0.1) is 11.3 Å². The van der Waals surface area contributed by atoms with Gasteiger partial charge in [-0.05, 0) is 61.3 Å². The van der Waals surface area contributed by atoms with Crippen LogP contribution in [0.2, 0.25) is 0 Å². The van der Waals surface area contributed by atoms with Gasteiger partial charge in [0.15, 0.2) is 0 Å². The van der Waals surface area contributed by atoms with Crippen LogP contribution in [0.3, 0.4) is 0 Å². The second kappa shape index (κ2) is 5.07. The summed E-state index contributed by atoms with van der Waals surface area (Å²) in [7, 11) is 0. The van der Waals surface area contributed by atoms with E-state index in [4.69, 9.17) is 2.74 Å². The summed E-state index contributed by atoms with van der Waals surface area (Å²) in [6.45, 7) is 2.08. The van der Waals surface area contributed by atoms with Gasteiger partial charge in [-0.3, -0.25) is 0 Å². The fraction of sp³-hybridized carbons (Fsp3) is 0.667. The second-order valence-electron chi connectivity index (χ2n) is 6.43. The first kappa shape index (κ1) is 10.1. The summed E-state index contributed by atoms with van der Waals surface area (Å²) in [5, 5.41) is 0. The standard InChI is InChI=1S/C18H26/c1-15-7-11-18(12-8-15)13-9-17(10-14-18)16-5-3-2-4-6-16/h2-6,15,17H,7-14H2,1H3/i15D,17D. The summed E-state index contributed by atoms with van der Waals surface area (Å²) in [5.74, 6) is -0.561. The van der Waals surface area contributed by atoms with Crippen LogP contribution in [-0.2, 0) is 0 Å². The van der Waals surface area contributed by atoms with Gasteiger partial charge >= 0.3 is 0 Å². The summed E-state index contributed by atoms with van der Waals surface area (Å²) in [6.07, 6.45) is 8.85. The molecule has 0 atom stereocenters. The van der Waals surface area contributed by atoms with Gasteiger partial charge in [-0.15, -0.1) is 0 Å². The minimum atomic E-state index is -0.367. The molecule has 0 aliphatic heterocycles. The van der Waals surface area contributed by atoms with Crippen LogP contribution in [0.25, 0.3) is 0 Å². The van der Waals surface area contributed by atoms with Gasteiger partial charge in [-0.1, -0.05) is 50.1 Å². The van der Waals surface area contributed by atoms with Crippen molar-refractivity contribution in [3.05, 3.63) is 35.9 Å². The lowest BCUT2D eigenvalue weighted by Gasteiger charge is -2.44. The molecule has 98 valence electrons. The Morgan fingerprint density at radius 2 is 1.50 bits per heavy atom. The van der Waals surface area contributed by atoms with Gasteiger partial charge in [-0.25, -0.2) is 0 Å². The first-order valence-electron chi connectivity index (χ1n) is 8.49. The first-order valence-corrected chi connectivity index (χ1v) is 7.49. The normalized spacial score (nSPS) is 46.5. The zero-order chi connectivity index (χ0) is 14.3. The molecule has 0 bridgehead atoms. The largest absolute Gasteiger partial charge is 0.0625 e. The molecule has 2 aliphatic rings. The van der Waals surface area contributed by atoms with E-state index < -0.39 is 0 Å². The van der Waals surface area contributed by atoms with Crippen molar-refractivity contribution in [2.75, 3.05) is 0 Å². The van der Waals surface area contributed by atoms with Crippen molar-refractivity contribution in [2.24, 2.45) is 11.3 Å². The lowest BCUT2D eigenvalue weighted by atomic mass is 9.61. The summed E-state index contributed by atoms with van der Waals surface area (Å²) in [6, 6.07) is 10.4. The molecule has 3 rings (SSSR count). The molecule has 1 aromatic carbocycles. The maximum Gasteiger partial charge on any atom is 0.0352 e. The van der Waals surface area contributed by atoms with E-state index in [2.05, 4.69) is 31.2 Å². The maximum atomic E-state index is 8.80. The molecule has 0 heteroatoms. The smallest absolute Gasteiger partial charge is 0.0352 e. The fourth-order valence-corrected chi connectivity index (χ4v) is 3.75. The Balaban J connectivity index is 1.68. The number of hydrogen-bond donors (Lipinski definition) is 0. The highest BCUT2D eigenvalue weighted by molar-refractivity contribution is 5.20. The Labute approximate surface area is 115 Å². The van der Waals surface area contributed by atoms with Crippen molar-refractivity contribution in [3.8, 4) is 0 Å². The molecule has 2 aliphatic carbocycles. The van der Waals surface area contributed by atoms with Gasteiger partial charge in [0.2, 0.25) is 0 Å². The van der Waals surface area contributed by atoms with Crippen LogP contribution in [0.5, 0.6) is 0 Å². The maximum absolute atomic E-state index is 8.80. The van der Waals surface area contributed by atoms with E-state index in [9.17, 15) is 0 Å². The van der Waals surface area contributed by atoms with Crippen molar-refractivity contribution >= 4 is 0 Å². The van der Waals surface area contributed by atoms with E-state index in [0.717, 1.165) is 25.7 Å². The first-order chi connectivity index (χ1) is 9.43. The summed E-state index contributed by atoms with van der Waals surface area (Å²) in [4.78, 5) is 0. The molecule has 0 N–H and O–H groups in total. The van der Waals surface area contributed by atoms with Crippen LogP contribution in [0.1, 0.15) is 72.5 Å². The third-order valence-corrected chi connectivity index (χ3v) is 5.26. The lowest BCUT2D eigenvalue weighted by Crippen LogP contribution is -2.31. The minimum absolute atomic E-state index is 0.194. The molecule has 0 nitrogen and oxygen atoms in total. The SMILES string of the molecule is [2H]C1(C)CCC2(CC1)CCC([2H])(c1ccccc1)CC2. The molecule has 0 saturated heterocycles. The summed E-state index contributed by atoms with van der Waals surface area (Å²) >= 11 is 0. The van der Waals surface area contributed by atoms with Crippen LogP contribution in [0.15, 0.2) is 30.3 Å². The second-order valence-corrected chi connectivity index (χ2v) is 6.43. The Bertz CT molecular complexity index is 444. The molecule has 0 unspecified atom stereocenters. The summed E-state index contributed by atoms with van der Waals surface area (Å²) in [5.41, 5.74) is 1.65. The van der Waals surface area contributed by atoms with Crippen molar-refractivity contribution < 1.29 is 2.74 Å². The zero-order valence-electron chi connectivity index (χ0n) is 13.5. The molecule has 1 spiro atoms. The van der Waals surface area contributed by atoms with Gasteiger partial charge in [0, 0.05) is 2.74 Å². The fourth-order valence-electron chi connectivity index (χ4n) is 3.75. The van der Waals surface area contributed by atoms with E-state index in [1.54, 1.807) is 0 Å². The van der Waals surface area contributed by atoms with Crippen molar-refractivity contribution in [1.82, 2.24) is 0 Å². The van der Waals surface area contributed by atoms with Crippen LogP contribution < -0.4 is 0 Å². The average molecular weight is 244 g/mol. The highest BCUT2D eigenvalue weighted by Crippen LogP contribution is 2.51. The number of hydrogen-bond acceptors (Lipinski definition) is 0. The molecule has 0 aromatic heterocycles. The van der Waals surface area contributed by atoms with Gasteiger partial charge in [0.25, 0.3) is 0 Å². The highest BCUT2D eigenvalue weighted by atomic mass is 14.4. The van der Waals surface area contributed by atoms with Gasteiger partial charge in [0.1, 0.15) is 0 Å². The Morgan fingerprint density at radius 1 is 0.944 bits per heavy atom. The van der Waals surface area contributed by atoms with Crippen LogP contribution in [0.4, 0.5) is 0 Å². The van der Waals surface area contributed by atoms with Crippen molar-refractivity contribution in [1.29, 1.82) is 0 Å². The van der Waals surface area contributed by atoms with E-state index >= 15 is 0 Å². The Kier molecular flexibility index (Phi) is 2.83. The van der Waals surface area contributed by atoms with Gasteiger partial charge < -0.3 is 0 Å². The van der Waals surface area contributed by atoms with Crippen molar-refractivity contribution in [2.45, 2.75) is 64.2 Å². The van der Waals surface area contributed by atoms with Gasteiger partial charge in [-0.2, -0.15) is 0 Å². The predicted molar refractivity (Wildman–Crippen MR) is 77.7 cm³/mol. The van der Waals surface area contributed by atoms with E-state index in [1.165, 1.54) is 31.2 Å².